The Kier molecular flexibility index (Phi) is 4.05. The monoisotopic (exact) mass is 308 g/mol. The molecule has 116 valence electrons. The fourth-order valence-corrected chi connectivity index (χ4v) is 2.30. The smallest absolute Gasteiger partial charge is 0.262 e. The van der Waals surface area contributed by atoms with Crippen molar-refractivity contribution in [1.82, 2.24) is 9.55 Å². The maximum Gasteiger partial charge on any atom is 0.262 e. The van der Waals surface area contributed by atoms with Gasteiger partial charge in [-0.2, -0.15) is 5.10 Å². The molecule has 1 aromatic heterocycles. The van der Waals surface area contributed by atoms with Gasteiger partial charge in [0, 0.05) is 12.1 Å². The lowest BCUT2D eigenvalue weighted by Gasteiger charge is -2.10. The highest BCUT2D eigenvalue weighted by atomic mass is 16.3. The molecule has 0 spiro atoms. The number of anilines is 1. The molecular weight excluding hydrogens is 292 g/mol. The number of aromatic nitrogens is 2. The molecule has 0 aliphatic rings. The zero-order valence-electron chi connectivity index (χ0n) is 12.6. The van der Waals surface area contributed by atoms with Crippen molar-refractivity contribution in [2.75, 3.05) is 5.43 Å². The molecule has 0 amide bonds. The van der Waals surface area contributed by atoms with E-state index in [4.69, 9.17) is 0 Å². The van der Waals surface area contributed by atoms with Gasteiger partial charge in [-0.05, 0) is 31.2 Å². The summed E-state index contributed by atoms with van der Waals surface area (Å²) in [4.78, 5) is 16.9. The summed E-state index contributed by atoms with van der Waals surface area (Å²) in [5.74, 6) is 0.500. The first kappa shape index (κ1) is 14.8. The van der Waals surface area contributed by atoms with E-state index in [1.54, 1.807) is 36.4 Å². The van der Waals surface area contributed by atoms with E-state index in [2.05, 4.69) is 15.5 Å². The van der Waals surface area contributed by atoms with Crippen molar-refractivity contribution in [1.29, 1.82) is 0 Å². The molecule has 2 N–H and O–H groups in total. The van der Waals surface area contributed by atoms with E-state index in [1.165, 1.54) is 10.8 Å². The molecule has 3 aromatic rings. The van der Waals surface area contributed by atoms with Crippen LogP contribution in [0.2, 0.25) is 0 Å². The van der Waals surface area contributed by atoms with Crippen LogP contribution in [-0.4, -0.2) is 20.9 Å². The van der Waals surface area contributed by atoms with Gasteiger partial charge in [-0.15, -0.1) is 0 Å². The minimum atomic E-state index is -0.113. The fraction of sp³-hybridized carbons (Fsp3) is 0.118. The lowest BCUT2D eigenvalue weighted by molar-refractivity contribution is 0.474. The molecule has 0 bridgehead atoms. The highest BCUT2D eigenvalue weighted by molar-refractivity contribution is 5.84. The predicted molar refractivity (Wildman–Crippen MR) is 91.0 cm³/mol. The number of nitrogens with zero attached hydrogens (tertiary/aromatic N) is 3. The van der Waals surface area contributed by atoms with E-state index >= 15 is 0 Å². The number of para-hydroxylation sites is 2. The van der Waals surface area contributed by atoms with Crippen molar-refractivity contribution in [2.24, 2.45) is 5.10 Å². The van der Waals surface area contributed by atoms with Crippen LogP contribution in [0.25, 0.3) is 10.9 Å². The van der Waals surface area contributed by atoms with Crippen molar-refractivity contribution >= 4 is 23.1 Å². The molecule has 6 heteroatoms. The van der Waals surface area contributed by atoms with Gasteiger partial charge < -0.3 is 5.11 Å². The first-order valence-electron chi connectivity index (χ1n) is 7.27. The third-order valence-electron chi connectivity index (χ3n) is 3.48. The summed E-state index contributed by atoms with van der Waals surface area (Å²) in [5.41, 5.74) is 3.86. The molecule has 0 aliphatic carbocycles. The largest absolute Gasteiger partial charge is 0.507 e. The van der Waals surface area contributed by atoms with Crippen LogP contribution in [0.3, 0.4) is 0 Å². The van der Waals surface area contributed by atoms with E-state index in [0.29, 0.717) is 29.0 Å². The first-order chi connectivity index (χ1) is 11.2. The summed E-state index contributed by atoms with van der Waals surface area (Å²) in [6, 6.07) is 14.0. The maximum atomic E-state index is 12.5. The van der Waals surface area contributed by atoms with Crippen molar-refractivity contribution in [3.05, 3.63) is 64.4 Å². The highest BCUT2D eigenvalue weighted by Crippen LogP contribution is 2.14. The Balaban J connectivity index is 1.97. The number of phenolic OH excluding ortho intramolecular Hbond substituents is 1. The molecule has 0 fully saturated rings. The van der Waals surface area contributed by atoms with Crippen LogP contribution in [0, 0.1) is 0 Å². The van der Waals surface area contributed by atoms with Gasteiger partial charge in [0.25, 0.3) is 5.56 Å². The highest BCUT2D eigenvalue weighted by Gasteiger charge is 2.08. The topological polar surface area (TPSA) is 79.5 Å². The Hall–Kier alpha value is -3.15. The van der Waals surface area contributed by atoms with Gasteiger partial charge >= 0.3 is 0 Å². The number of hydrazone groups is 1. The molecular formula is C17H16N4O2. The fourth-order valence-electron chi connectivity index (χ4n) is 2.30. The van der Waals surface area contributed by atoms with Crippen LogP contribution < -0.4 is 11.0 Å². The second-order valence-electron chi connectivity index (χ2n) is 4.93. The Morgan fingerprint density at radius 3 is 2.74 bits per heavy atom. The number of aromatic hydroxyl groups is 1. The summed E-state index contributed by atoms with van der Waals surface area (Å²) >= 11 is 0. The Bertz CT molecular complexity index is 931. The van der Waals surface area contributed by atoms with E-state index in [-0.39, 0.29) is 11.3 Å². The third-order valence-corrected chi connectivity index (χ3v) is 3.48. The van der Waals surface area contributed by atoms with Gasteiger partial charge in [0.05, 0.1) is 17.1 Å². The molecule has 0 unspecified atom stereocenters. The normalized spacial score (nSPS) is 11.2. The number of phenols is 1. The van der Waals surface area contributed by atoms with Gasteiger partial charge in [0.15, 0.2) is 0 Å². The molecule has 23 heavy (non-hydrogen) atoms. The SMILES string of the molecule is CCn1c(N/N=C/c2ccccc2O)nc2ccccc2c1=O. The molecule has 0 radical (unpaired) electrons. The number of fused-ring (bicyclic) bond motifs is 1. The lowest BCUT2D eigenvalue weighted by Crippen LogP contribution is -2.23. The van der Waals surface area contributed by atoms with Gasteiger partial charge in [-0.3, -0.25) is 9.36 Å². The Morgan fingerprint density at radius 1 is 1.22 bits per heavy atom. The zero-order valence-corrected chi connectivity index (χ0v) is 12.6. The van der Waals surface area contributed by atoms with Crippen molar-refractivity contribution < 1.29 is 5.11 Å². The molecule has 0 aliphatic heterocycles. The van der Waals surface area contributed by atoms with Crippen LogP contribution in [0.1, 0.15) is 12.5 Å². The predicted octanol–water partition coefficient (Wildman–Crippen LogP) is 2.57. The molecule has 0 saturated carbocycles. The van der Waals surface area contributed by atoms with Crippen molar-refractivity contribution in [3.8, 4) is 5.75 Å². The summed E-state index contributed by atoms with van der Waals surface area (Å²) in [6.07, 6.45) is 1.48. The first-order valence-corrected chi connectivity index (χ1v) is 7.27. The summed E-state index contributed by atoms with van der Waals surface area (Å²) in [5, 5.41) is 14.3. The van der Waals surface area contributed by atoms with Crippen LogP contribution in [0.5, 0.6) is 5.75 Å². The summed E-state index contributed by atoms with van der Waals surface area (Å²) in [6.45, 7) is 2.35. The van der Waals surface area contributed by atoms with Crippen molar-refractivity contribution in [2.45, 2.75) is 13.5 Å². The number of hydrogen-bond donors (Lipinski definition) is 2. The maximum absolute atomic E-state index is 12.5. The van der Waals surface area contributed by atoms with E-state index in [9.17, 15) is 9.90 Å². The van der Waals surface area contributed by atoms with Gasteiger partial charge in [-0.25, -0.2) is 10.4 Å². The number of rotatable bonds is 4. The lowest BCUT2D eigenvalue weighted by atomic mass is 10.2. The van der Waals surface area contributed by atoms with Crippen LogP contribution in [0.15, 0.2) is 58.4 Å². The second kappa shape index (κ2) is 6.31. The van der Waals surface area contributed by atoms with E-state index < -0.39 is 0 Å². The van der Waals surface area contributed by atoms with E-state index in [0.717, 1.165) is 0 Å². The standard InChI is InChI=1S/C17H16N4O2/c1-2-21-16(23)13-8-4-5-9-14(13)19-17(21)20-18-11-12-7-3-6-10-15(12)22/h3-11,22H,2H2,1H3,(H,19,20)/b18-11+. The number of nitrogens with one attached hydrogen (secondary N) is 1. The average Bonchev–Trinajstić information content (AvgIpc) is 2.57. The quantitative estimate of drug-likeness (QED) is 0.573. The molecule has 2 aromatic carbocycles. The number of benzene rings is 2. The van der Waals surface area contributed by atoms with Crippen LogP contribution in [0.4, 0.5) is 5.95 Å². The van der Waals surface area contributed by atoms with Crippen LogP contribution in [-0.2, 0) is 6.54 Å². The molecule has 3 rings (SSSR count). The summed E-state index contributed by atoms with van der Waals surface area (Å²) in [7, 11) is 0. The van der Waals surface area contributed by atoms with Gasteiger partial charge in [0.1, 0.15) is 5.75 Å². The molecule has 6 nitrogen and oxygen atoms in total. The minimum absolute atomic E-state index is 0.113. The van der Waals surface area contributed by atoms with Gasteiger partial charge in [-0.1, -0.05) is 24.3 Å². The molecule has 1 heterocycles. The second-order valence-corrected chi connectivity index (χ2v) is 4.93. The minimum Gasteiger partial charge on any atom is -0.507 e. The van der Waals surface area contributed by atoms with Crippen LogP contribution >= 0.6 is 0 Å². The van der Waals surface area contributed by atoms with E-state index in [1.807, 2.05) is 19.1 Å². The third kappa shape index (κ3) is 2.91. The Morgan fingerprint density at radius 2 is 1.96 bits per heavy atom. The van der Waals surface area contributed by atoms with Crippen molar-refractivity contribution in [3.63, 3.8) is 0 Å². The molecule has 0 saturated heterocycles. The zero-order chi connectivity index (χ0) is 16.2. The Labute approximate surface area is 132 Å². The van der Waals surface area contributed by atoms with Gasteiger partial charge in [0.2, 0.25) is 5.95 Å². The number of hydrogen-bond acceptors (Lipinski definition) is 5. The average molecular weight is 308 g/mol. The molecule has 0 atom stereocenters. The summed E-state index contributed by atoms with van der Waals surface area (Å²) < 4.78 is 1.52.